The summed E-state index contributed by atoms with van der Waals surface area (Å²) in [6, 6.07) is 10.1. The number of urea groups is 1. The van der Waals surface area contributed by atoms with E-state index in [0.29, 0.717) is 6.54 Å². The summed E-state index contributed by atoms with van der Waals surface area (Å²) in [5.74, 6) is 0. The summed E-state index contributed by atoms with van der Waals surface area (Å²) in [5.41, 5.74) is 3.11. The summed E-state index contributed by atoms with van der Waals surface area (Å²) >= 11 is 1.69. The minimum absolute atomic E-state index is 0.163. The van der Waals surface area contributed by atoms with Gasteiger partial charge in [0, 0.05) is 19.6 Å². The molecule has 1 aliphatic heterocycles. The zero-order chi connectivity index (χ0) is 21.5. The lowest BCUT2D eigenvalue weighted by Gasteiger charge is -2.37. The van der Waals surface area contributed by atoms with Gasteiger partial charge in [-0.05, 0) is 61.5 Å². The molecule has 2 N–H and O–H groups in total. The van der Waals surface area contributed by atoms with Crippen LogP contribution in [-0.4, -0.2) is 55.9 Å². The molecule has 1 fully saturated rings. The minimum Gasteiger partial charge on any atom is -0.372 e. The molecule has 6 nitrogen and oxygen atoms in total. The Morgan fingerprint density at radius 1 is 1.20 bits per heavy atom. The van der Waals surface area contributed by atoms with Gasteiger partial charge in [0.25, 0.3) is 0 Å². The molecule has 164 valence electrons. The maximum absolute atomic E-state index is 12.8. The summed E-state index contributed by atoms with van der Waals surface area (Å²) in [6.45, 7) is 12.6. The van der Waals surface area contributed by atoms with Crippen molar-refractivity contribution in [1.29, 1.82) is 0 Å². The van der Waals surface area contributed by atoms with Gasteiger partial charge in [0.2, 0.25) is 0 Å². The van der Waals surface area contributed by atoms with E-state index in [1.54, 1.807) is 11.3 Å². The third kappa shape index (κ3) is 5.74. The summed E-state index contributed by atoms with van der Waals surface area (Å²) in [6.07, 6.45) is 0.326. The van der Waals surface area contributed by atoms with Crippen molar-refractivity contribution in [3.8, 4) is 0 Å². The molecule has 1 aromatic carbocycles. The number of para-hydroxylation sites is 2. The van der Waals surface area contributed by atoms with Gasteiger partial charge in [-0.25, -0.2) is 4.79 Å². The number of ether oxygens (including phenoxy) is 1. The Bertz CT molecular complexity index is 784. The predicted octanol–water partition coefficient (Wildman–Crippen LogP) is 4.57. The lowest BCUT2D eigenvalue weighted by Crippen LogP contribution is -2.46. The van der Waals surface area contributed by atoms with Crippen LogP contribution in [0.2, 0.25) is 0 Å². The lowest BCUT2D eigenvalue weighted by molar-refractivity contribution is -0.00517. The predicted molar refractivity (Wildman–Crippen MR) is 126 cm³/mol. The molecule has 2 amide bonds. The number of hydrogen-bond donors (Lipinski definition) is 2. The Balaban J connectivity index is 1.66. The molecule has 3 rings (SSSR count). The van der Waals surface area contributed by atoms with Gasteiger partial charge < -0.3 is 20.3 Å². The molecular formula is C23H34N4O2S. The fourth-order valence-electron chi connectivity index (χ4n) is 4.17. The Morgan fingerprint density at radius 3 is 2.53 bits per heavy atom. The number of benzene rings is 1. The highest BCUT2D eigenvalue weighted by atomic mass is 32.1. The molecule has 0 bridgehead atoms. The molecule has 0 aliphatic carbocycles. The standard InChI is InChI=1S/C23H34N4O2S/c1-5-26(6-2)22(19-11-12-30-16-19)13-24-23(28)25-20-9-7-8-10-21(20)27-14-17(3)29-18(4)15-27/h7-12,16-18,22H,5-6,13-15H2,1-4H3,(H2,24,25,28). The van der Waals surface area contributed by atoms with Gasteiger partial charge in [-0.2, -0.15) is 11.3 Å². The molecule has 0 saturated carbocycles. The van der Waals surface area contributed by atoms with Crippen LogP contribution in [0, 0.1) is 0 Å². The van der Waals surface area contributed by atoms with Gasteiger partial charge in [-0.15, -0.1) is 0 Å². The van der Waals surface area contributed by atoms with Gasteiger partial charge in [-0.3, -0.25) is 4.90 Å². The number of rotatable bonds is 8. The highest BCUT2D eigenvalue weighted by Gasteiger charge is 2.24. The van der Waals surface area contributed by atoms with Crippen LogP contribution in [0.4, 0.5) is 16.2 Å². The van der Waals surface area contributed by atoms with Crippen LogP contribution in [0.25, 0.3) is 0 Å². The number of amides is 2. The second-order valence-electron chi connectivity index (χ2n) is 7.81. The summed E-state index contributed by atoms with van der Waals surface area (Å²) in [7, 11) is 0. The van der Waals surface area contributed by atoms with Crippen molar-refractivity contribution >= 4 is 28.7 Å². The fourth-order valence-corrected chi connectivity index (χ4v) is 4.88. The molecule has 30 heavy (non-hydrogen) atoms. The number of thiophene rings is 1. The Kier molecular flexibility index (Phi) is 8.13. The van der Waals surface area contributed by atoms with E-state index in [-0.39, 0.29) is 24.3 Å². The van der Waals surface area contributed by atoms with Crippen molar-refractivity contribution in [2.24, 2.45) is 0 Å². The third-order valence-corrected chi connectivity index (χ3v) is 6.25. The third-order valence-electron chi connectivity index (χ3n) is 5.55. The average Bonchev–Trinajstić information content (AvgIpc) is 3.25. The summed E-state index contributed by atoms with van der Waals surface area (Å²) in [5, 5.41) is 10.4. The van der Waals surface area contributed by atoms with Crippen molar-refractivity contribution in [1.82, 2.24) is 10.2 Å². The van der Waals surface area contributed by atoms with E-state index < -0.39 is 0 Å². The zero-order valence-electron chi connectivity index (χ0n) is 18.4. The molecule has 3 atom stereocenters. The fraction of sp³-hybridized carbons (Fsp3) is 0.522. The number of nitrogens with one attached hydrogen (secondary N) is 2. The maximum Gasteiger partial charge on any atom is 0.319 e. The van der Waals surface area contributed by atoms with E-state index in [9.17, 15) is 4.79 Å². The van der Waals surface area contributed by atoms with E-state index >= 15 is 0 Å². The number of carbonyl (C=O) groups is 1. The van der Waals surface area contributed by atoms with E-state index in [4.69, 9.17) is 4.74 Å². The summed E-state index contributed by atoms with van der Waals surface area (Å²) < 4.78 is 5.86. The number of likely N-dealkylation sites (N-methyl/N-ethyl adjacent to an activating group) is 1. The van der Waals surface area contributed by atoms with E-state index in [2.05, 4.69) is 71.0 Å². The quantitative estimate of drug-likeness (QED) is 0.644. The first-order valence-corrected chi connectivity index (χ1v) is 11.8. The molecule has 1 aromatic heterocycles. The number of morpholine rings is 1. The second-order valence-corrected chi connectivity index (χ2v) is 8.59. The summed E-state index contributed by atoms with van der Waals surface area (Å²) in [4.78, 5) is 17.4. The molecule has 1 saturated heterocycles. The largest absolute Gasteiger partial charge is 0.372 e. The highest BCUT2D eigenvalue weighted by Crippen LogP contribution is 2.28. The molecule has 2 aromatic rings. The topological polar surface area (TPSA) is 56.8 Å². The SMILES string of the molecule is CCN(CC)C(CNC(=O)Nc1ccccc1N1CC(C)OC(C)C1)c1ccsc1. The van der Waals surface area contributed by atoms with Gasteiger partial charge in [-0.1, -0.05) is 26.0 Å². The molecular weight excluding hydrogens is 396 g/mol. The van der Waals surface area contributed by atoms with Crippen molar-refractivity contribution in [2.75, 3.05) is 42.9 Å². The highest BCUT2D eigenvalue weighted by molar-refractivity contribution is 7.07. The Morgan fingerprint density at radius 2 is 1.90 bits per heavy atom. The maximum atomic E-state index is 12.8. The monoisotopic (exact) mass is 430 g/mol. The van der Waals surface area contributed by atoms with E-state index in [1.807, 2.05) is 18.2 Å². The Labute approximate surface area is 184 Å². The molecule has 3 unspecified atom stereocenters. The molecule has 1 aliphatic rings. The smallest absolute Gasteiger partial charge is 0.319 e. The molecule has 2 heterocycles. The Hall–Kier alpha value is -2.09. The van der Waals surface area contributed by atoms with Crippen LogP contribution in [0.5, 0.6) is 0 Å². The molecule has 0 radical (unpaired) electrons. The van der Waals surface area contributed by atoms with Crippen LogP contribution >= 0.6 is 11.3 Å². The average molecular weight is 431 g/mol. The van der Waals surface area contributed by atoms with Gasteiger partial charge in [0.15, 0.2) is 0 Å². The van der Waals surface area contributed by atoms with Crippen LogP contribution in [0.15, 0.2) is 41.1 Å². The van der Waals surface area contributed by atoms with E-state index in [0.717, 1.165) is 37.6 Å². The van der Waals surface area contributed by atoms with Crippen LogP contribution < -0.4 is 15.5 Å². The normalized spacial score (nSPS) is 20.2. The molecule has 0 spiro atoms. The zero-order valence-corrected chi connectivity index (χ0v) is 19.2. The van der Waals surface area contributed by atoms with Crippen LogP contribution in [-0.2, 0) is 4.74 Å². The van der Waals surface area contributed by atoms with Crippen molar-refractivity contribution in [2.45, 2.75) is 45.9 Å². The number of hydrogen-bond acceptors (Lipinski definition) is 5. The van der Waals surface area contributed by atoms with Gasteiger partial charge in [0.1, 0.15) is 0 Å². The second kappa shape index (κ2) is 10.8. The van der Waals surface area contributed by atoms with Crippen molar-refractivity contribution in [3.05, 3.63) is 46.7 Å². The van der Waals surface area contributed by atoms with Crippen molar-refractivity contribution in [3.63, 3.8) is 0 Å². The first kappa shape index (κ1) is 22.6. The first-order chi connectivity index (χ1) is 14.5. The van der Waals surface area contributed by atoms with Gasteiger partial charge >= 0.3 is 6.03 Å². The van der Waals surface area contributed by atoms with E-state index in [1.165, 1.54) is 5.56 Å². The number of anilines is 2. The van der Waals surface area contributed by atoms with Crippen LogP contribution in [0.1, 0.15) is 39.3 Å². The van der Waals surface area contributed by atoms with Crippen LogP contribution in [0.3, 0.4) is 0 Å². The number of nitrogens with zero attached hydrogens (tertiary/aromatic N) is 2. The molecule has 7 heteroatoms. The lowest BCUT2D eigenvalue weighted by atomic mass is 10.1. The number of carbonyl (C=O) groups excluding carboxylic acids is 1. The minimum atomic E-state index is -0.177. The van der Waals surface area contributed by atoms with Crippen molar-refractivity contribution < 1.29 is 9.53 Å². The van der Waals surface area contributed by atoms with Gasteiger partial charge in [0.05, 0.1) is 29.6 Å². The first-order valence-electron chi connectivity index (χ1n) is 10.8.